The van der Waals surface area contributed by atoms with E-state index in [4.69, 9.17) is 0 Å². The van der Waals surface area contributed by atoms with Crippen LogP contribution in [0.1, 0.15) is 33.6 Å². The Kier molecular flexibility index (Phi) is 4.62. The van der Waals surface area contributed by atoms with Gasteiger partial charge in [-0.05, 0) is 19.9 Å². The van der Waals surface area contributed by atoms with Gasteiger partial charge in [-0.25, -0.2) is 0 Å². The molecule has 0 spiro atoms. The molecule has 0 aromatic rings. The van der Waals surface area contributed by atoms with Gasteiger partial charge in [0.2, 0.25) is 5.91 Å². The Morgan fingerprint density at radius 1 is 1.53 bits per heavy atom. The van der Waals surface area contributed by atoms with E-state index in [0.29, 0.717) is 0 Å². The van der Waals surface area contributed by atoms with Crippen LogP contribution in [0.4, 0.5) is 0 Å². The number of hydrogen-bond donors (Lipinski definition) is 2. The number of amides is 1. The number of nitrogens with zero attached hydrogens (tertiary/aromatic N) is 1. The summed E-state index contributed by atoms with van der Waals surface area (Å²) in [6.45, 7) is 8.03. The van der Waals surface area contributed by atoms with Gasteiger partial charge in [-0.1, -0.05) is 20.3 Å². The van der Waals surface area contributed by atoms with Crippen LogP contribution in [0.3, 0.4) is 0 Å². The van der Waals surface area contributed by atoms with Crippen molar-refractivity contribution in [2.24, 2.45) is 0 Å². The maximum absolute atomic E-state index is 11.3. The molecule has 1 aliphatic heterocycles. The summed E-state index contributed by atoms with van der Waals surface area (Å²) in [5.74, 6) is -0.00815. The number of carbonyl (C=O) groups excluding carboxylic acids is 1. The molecule has 1 aliphatic rings. The summed E-state index contributed by atoms with van der Waals surface area (Å²) in [5, 5.41) is 6.16. The number of unbranched alkanes of at least 4 members (excludes halogenated alkanes) is 1. The molecule has 1 unspecified atom stereocenters. The minimum absolute atomic E-state index is 0.00815. The van der Waals surface area contributed by atoms with Crippen LogP contribution in [0.15, 0.2) is 11.8 Å². The maximum Gasteiger partial charge on any atom is 0.248 e. The van der Waals surface area contributed by atoms with Gasteiger partial charge in [-0.15, -0.1) is 0 Å². The van der Waals surface area contributed by atoms with Crippen molar-refractivity contribution >= 4 is 5.91 Å². The molecule has 0 saturated carbocycles. The molecule has 4 heteroatoms. The quantitative estimate of drug-likeness (QED) is 0.713. The van der Waals surface area contributed by atoms with E-state index >= 15 is 0 Å². The number of hydrogen-bond acceptors (Lipinski definition) is 3. The SMILES string of the molecule is CCCCN1C(C)=CC(=O)NC1NCC. The molecule has 0 saturated heterocycles. The Bertz CT molecular complexity index is 250. The largest absolute Gasteiger partial charge is 0.343 e. The van der Waals surface area contributed by atoms with Gasteiger partial charge in [0, 0.05) is 18.3 Å². The van der Waals surface area contributed by atoms with Crippen molar-refractivity contribution in [2.75, 3.05) is 13.1 Å². The van der Waals surface area contributed by atoms with Gasteiger partial charge in [-0.2, -0.15) is 0 Å². The van der Waals surface area contributed by atoms with Crippen molar-refractivity contribution in [1.29, 1.82) is 0 Å². The molecule has 1 heterocycles. The summed E-state index contributed by atoms with van der Waals surface area (Å²) in [5.41, 5.74) is 1.04. The lowest BCUT2D eigenvalue weighted by Gasteiger charge is -2.37. The molecule has 0 bridgehead atoms. The fraction of sp³-hybridized carbons (Fsp3) is 0.727. The van der Waals surface area contributed by atoms with E-state index in [1.54, 1.807) is 6.08 Å². The molecule has 4 nitrogen and oxygen atoms in total. The molecule has 1 amide bonds. The highest BCUT2D eigenvalue weighted by Crippen LogP contribution is 2.11. The van der Waals surface area contributed by atoms with E-state index in [-0.39, 0.29) is 12.2 Å². The van der Waals surface area contributed by atoms with Crippen LogP contribution in [0.5, 0.6) is 0 Å². The fourth-order valence-corrected chi connectivity index (χ4v) is 1.72. The Morgan fingerprint density at radius 2 is 2.27 bits per heavy atom. The number of allylic oxidation sites excluding steroid dienone is 1. The lowest BCUT2D eigenvalue weighted by atomic mass is 10.2. The van der Waals surface area contributed by atoms with Crippen molar-refractivity contribution in [3.63, 3.8) is 0 Å². The molecule has 2 N–H and O–H groups in total. The molecule has 0 aromatic carbocycles. The fourth-order valence-electron chi connectivity index (χ4n) is 1.72. The second kappa shape index (κ2) is 5.75. The van der Waals surface area contributed by atoms with Gasteiger partial charge >= 0.3 is 0 Å². The zero-order valence-electron chi connectivity index (χ0n) is 9.84. The number of carbonyl (C=O) groups is 1. The highest BCUT2D eigenvalue weighted by molar-refractivity contribution is 5.89. The van der Waals surface area contributed by atoms with Crippen LogP contribution < -0.4 is 10.6 Å². The molecule has 0 fully saturated rings. The summed E-state index contributed by atoms with van der Waals surface area (Å²) in [6, 6.07) is 0. The second-order valence-electron chi connectivity index (χ2n) is 3.80. The summed E-state index contributed by atoms with van der Waals surface area (Å²) in [6.07, 6.45) is 3.92. The van der Waals surface area contributed by atoms with Crippen LogP contribution in [0.25, 0.3) is 0 Å². The predicted molar refractivity (Wildman–Crippen MR) is 61.0 cm³/mol. The molecule has 15 heavy (non-hydrogen) atoms. The van der Waals surface area contributed by atoms with Gasteiger partial charge in [0.05, 0.1) is 0 Å². The van der Waals surface area contributed by atoms with Gasteiger partial charge < -0.3 is 10.2 Å². The summed E-state index contributed by atoms with van der Waals surface area (Å²) in [7, 11) is 0. The Morgan fingerprint density at radius 3 is 2.87 bits per heavy atom. The van der Waals surface area contributed by atoms with E-state index in [2.05, 4.69) is 22.5 Å². The first-order valence-electron chi connectivity index (χ1n) is 5.67. The van der Waals surface area contributed by atoms with Crippen LogP contribution >= 0.6 is 0 Å². The van der Waals surface area contributed by atoms with E-state index in [1.165, 1.54) is 0 Å². The van der Waals surface area contributed by atoms with E-state index in [1.807, 2.05) is 13.8 Å². The average Bonchev–Trinajstić information content (AvgIpc) is 2.17. The zero-order valence-corrected chi connectivity index (χ0v) is 9.84. The summed E-state index contributed by atoms with van der Waals surface area (Å²) in [4.78, 5) is 13.5. The smallest absolute Gasteiger partial charge is 0.248 e. The Hall–Kier alpha value is -1.03. The predicted octanol–water partition coefficient (Wildman–Crippen LogP) is 1.02. The summed E-state index contributed by atoms with van der Waals surface area (Å²) >= 11 is 0. The normalized spacial score (nSPS) is 21.3. The van der Waals surface area contributed by atoms with Crippen molar-refractivity contribution in [3.8, 4) is 0 Å². The lowest BCUT2D eigenvalue weighted by molar-refractivity contribution is -0.119. The molecule has 1 rings (SSSR count). The van der Waals surface area contributed by atoms with Gasteiger partial charge in [0.15, 0.2) is 6.29 Å². The minimum atomic E-state index is -0.0425. The van der Waals surface area contributed by atoms with Crippen LogP contribution in [-0.2, 0) is 4.79 Å². The standard InChI is InChI=1S/C11H21N3O/c1-4-6-7-14-9(3)8-10(15)13-11(14)12-5-2/h8,11-12H,4-7H2,1-3H3,(H,13,15). The first kappa shape index (κ1) is 12.0. The van der Waals surface area contributed by atoms with Gasteiger partial charge in [-0.3, -0.25) is 10.1 Å². The number of rotatable bonds is 5. The maximum atomic E-state index is 11.3. The number of nitrogens with one attached hydrogen (secondary N) is 2. The average molecular weight is 211 g/mol. The first-order valence-corrected chi connectivity index (χ1v) is 5.67. The van der Waals surface area contributed by atoms with Crippen LogP contribution in [0.2, 0.25) is 0 Å². The van der Waals surface area contributed by atoms with Crippen molar-refractivity contribution in [3.05, 3.63) is 11.8 Å². The van der Waals surface area contributed by atoms with Crippen molar-refractivity contribution in [1.82, 2.24) is 15.5 Å². The third-order valence-electron chi connectivity index (χ3n) is 2.53. The molecule has 0 radical (unpaired) electrons. The van der Waals surface area contributed by atoms with Crippen molar-refractivity contribution < 1.29 is 4.79 Å². The highest BCUT2D eigenvalue weighted by Gasteiger charge is 2.23. The Balaban J connectivity index is 2.66. The third-order valence-corrected chi connectivity index (χ3v) is 2.53. The van der Waals surface area contributed by atoms with Crippen LogP contribution in [-0.4, -0.2) is 30.2 Å². The van der Waals surface area contributed by atoms with Crippen LogP contribution in [0, 0.1) is 0 Å². The minimum Gasteiger partial charge on any atom is -0.343 e. The van der Waals surface area contributed by atoms with Gasteiger partial charge in [0.25, 0.3) is 0 Å². The molecule has 1 atom stereocenters. The molecular weight excluding hydrogens is 190 g/mol. The second-order valence-corrected chi connectivity index (χ2v) is 3.80. The first-order chi connectivity index (χ1) is 7.19. The summed E-state index contributed by atoms with van der Waals surface area (Å²) < 4.78 is 0. The molecular formula is C11H21N3O. The zero-order chi connectivity index (χ0) is 11.3. The topological polar surface area (TPSA) is 44.4 Å². The molecule has 86 valence electrons. The Labute approximate surface area is 91.7 Å². The van der Waals surface area contributed by atoms with E-state index in [0.717, 1.165) is 31.6 Å². The lowest BCUT2D eigenvalue weighted by Crippen LogP contribution is -2.58. The molecule has 0 aromatic heterocycles. The van der Waals surface area contributed by atoms with Crippen molar-refractivity contribution in [2.45, 2.75) is 39.9 Å². The monoisotopic (exact) mass is 211 g/mol. The third kappa shape index (κ3) is 3.23. The van der Waals surface area contributed by atoms with E-state index in [9.17, 15) is 4.79 Å². The highest BCUT2D eigenvalue weighted by atomic mass is 16.2. The van der Waals surface area contributed by atoms with E-state index < -0.39 is 0 Å². The van der Waals surface area contributed by atoms with Gasteiger partial charge in [0.1, 0.15) is 0 Å². The molecule has 0 aliphatic carbocycles.